The molecule has 0 radical (unpaired) electrons. The van der Waals surface area contributed by atoms with Gasteiger partial charge in [0.2, 0.25) is 11.9 Å². The molecular formula is C11H18N8. The van der Waals surface area contributed by atoms with Gasteiger partial charge in [0.1, 0.15) is 12.7 Å². The molecule has 0 aliphatic rings. The van der Waals surface area contributed by atoms with Gasteiger partial charge in [0.25, 0.3) is 5.95 Å². The van der Waals surface area contributed by atoms with Crippen LogP contribution in [0, 0.1) is 5.92 Å². The molecule has 19 heavy (non-hydrogen) atoms. The maximum Gasteiger partial charge on any atom is 0.258 e. The summed E-state index contributed by atoms with van der Waals surface area (Å²) in [7, 11) is 1.76. The van der Waals surface area contributed by atoms with Crippen LogP contribution in [0.3, 0.4) is 0 Å². The second-order valence-electron chi connectivity index (χ2n) is 4.48. The van der Waals surface area contributed by atoms with Crippen LogP contribution in [0.25, 0.3) is 5.95 Å². The van der Waals surface area contributed by atoms with Gasteiger partial charge in [-0.1, -0.05) is 13.8 Å². The molecule has 2 heterocycles. The van der Waals surface area contributed by atoms with Crippen LogP contribution in [0.1, 0.15) is 20.3 Å². The third-order valence-corrected chi connectivity index (χ3v) is 2.48. The van der Waals surface area contributed by atoms with E-state index in [9.17, 15) is 0 Å². The van der Waals surface area contributed by atoms with E-state index in [4.69, 9.17) is 0 Å². The highest BCUT2D eigenvalue weighted by atomic mass is 15.4. The third-order valence-electron chi connectivity index (χ3n) is 2.48. The minimum atomic E-state index is 0.434. The number of aromatic nitrogens is 6. The van der Waals surface area contributed by atoms with Gasteiger partial charge in [0, 0.05) is 13.6 Å². The molecule has 0 saturated heterocycles. The Hall–Kier alpha value is -2.25. The summed E-state index contributed by atoms with van der Waals surface area (Å²) in [5.74, 6) is 2.09. The normalized spacial score (nSPS) is 10.7. The minimum Gasteiger partial charge on any atom is -0.357 e. The van der Waals surface area contributed by atoms with Crippen LogP contribution in [-0.2, 0) is 0 Å². The van der Waals surface area contributed by atoms with Crippen molar-refractivity contribution in [1.82, 2.24) is 29.7 Å². The minimum absolute atomic E-state index is 0.434. The number of nitrogens with one attached hydrogen (secondary N) is 2. The van der Waals surface area contributed by atoms with Gasteiger partial charge in [-0.2, -0.15) is 24.7 Å². The van der Waals surface area contributed by atoms with Crippen molar-refractivity contribution in [2.45, 2.75) is 20.3 Å². The topological polar surface area (TPSA) is 93.4 Å². The summed E-state index contributed by atoms with van der Waals surface area (Å²) >= 11 is 0. The molecule has 102 valence electrons. The van der Waals surface area contributed by atoms with E-state index in [1.165, 1.54) is 11.0 Å². The Morgan fingerprint density at radius 2 is 2.00 bits per heavy atom. The van der Waals surface area contributed by atoms with Crippen molar-refractivity contribution < 1.29 is 0 Å². The molecule has 0 aliphatic carbocycles. The average Bonchev–Trinajstić information content (AvgIpc) is 2.92. The molecule has 0 unspecified atom stereocenters. The Kier molecular flexibility index (Phi) is 4.22. The lowest BCUT2D eigenvalue weighted by Gasteiger charge is -2.09. The highest BCUT2D eigenvalue weighted by molar-refractivity contribution is 5.37. The fourth-order valence-electron chi connectivity index (χ4n) is 1.44. The van der Waals surface area contributed by atoms with Crippen LogP contribution in [0.5, 0.6) is 0 Å². The molecule has 2 N–H and O–H groups in total. The molecule has 0 bridgehead atoms. The van der Waals surface area contributed by atoms with E-state index < -0.39 is 0 Å². The summed E-state index contributed by atoms with van der Waals surface area (Å²) in [5.41, 5.74) is 0. The molecule has 0 fully saturated rings. The van der Waals surface area contributed by atoms with E-state index in [1.54, 1.807) is 13.4 Å². The Bertz CT molecular complexity index is 507. The standard InChI is InChI=1S/C11H18N8/c1-8(2)4-5-14-10-16-9(12-3)17-11(18-10)19-7-13-6-15-19/h6-8H,4-5H2,1-3H3,(H2,12,14,16,17,18). The Morgan fingerprint density at radius 3 is 2.63 bits per heavy atom. The van der Waals surface area contributed by atoms with Crippen molar-refractivity contribution in [3.63, 3.8) is 0 Å². The van der Waals surface area contributed by atoms with Crippen LogP contribution < -0.4 is 10.6 Å². The van der Waals surface area contributed by atoms with Gasteiger partial charge in [0.15, 0.2) is 0 Å². The first-order valence-electron chi connectivity index (χ1n) is 6.21. The highest BCUT2D eigenvalue weighted by Gasteiger charge is 2.07. The number of hydrogen-bond donors (Lipinski definition) is 2. The lowest BCUT2D eigenvalue weighted by Crippen LogP contribution is -2.13. The number of anilines is 2. The molecule has 0 atom stereocenters. The zero-order chi connectivity index (χ0) is 13.7. The van der Waals surface area contributed by atoms with Crippen molar-refractivity contribution in [1.29, 1.82) is 0 Å². The smallest absolute Gasteiger partial charge is 0.258 e. The van der Waals surface area contributed by atoms with Gasteiger partial charge in [0.05, 0.1) is 0 Å². The first-order valence-corrected chi connectivity index (χ1v) is 6.21. The molecule has 0 aliphatic heterocycles. The summed E-state index contributed by atoms with van der Waals surface area (Å²) < 4.78 is 1.50. The molecule has 2 rings (SSSR count). The van der Waals surface area contributed by atoms with E-state index in [2.05, 4.69) is 49.5 Å². The second-order valence-corrected chi connectivity index (χ2v) is 4.48. The number of hydrogen-bond acceptors (Lipinski definition) is 7. The van der Waals surface area contributed by atoms with Gasteiger partial charge in [-0.05, 0) is 12.3 Å². The molecule has 0 saturated carbocycles. The summed E-state index contributed by atoms with van der Waals surface area (Å²) in [6, 6.07) is 0. The fraction of sp³-hybridized carbons (Fsp3) is 0.545. The zero-order valence-corrected chi connectivity index (χ0v) is 11.3. The van der Waals surface area contributed by atoms with Gasteiger partial charge in [-0.15, -0.1) is 0 Å². The van der Waals surface area contributed by atoms with E-state index in [-0.39, 0.29) is 0 Å². The highest BCUT2D eigenvalue weighted by Crippen LogP contribution is 2.08. The summed E-state index contributed by atoms with van der Waals surface area (Å²) in [6.45, 7) is 5.17. The maximum atomic E-state index is 4.31. The molecule has 8 nitrogen and oxygen atoms in total. The maximum absolute atomic E-state index is 4.31. The number of nitrogens with zero attached hydrogens (tertiary/aromatic N) is 6. The van der Waals surface area contributed by atoms with Gasteiger partial charge >= 0.3 is 0 Å². The summed E-state index contributed by atoms with van der Waals surface area (Å²) in [5, 5.41) is 10.1. The van der Waals surface area contributed by atoms with E-state index in [1.807, 2.05) is 0 Å². The molecule has 2 aromatic heterocycles. The van der Waals surface area contributed by atoms with Crippen LogP contribution >= 0.6 is 0 Å². The monoisotopic (exact) mass is 262 g/mol. The quantitative estimate of drug-likeness (QED) is 0.800. The van der Waals surface area contributed by atoms with Crippen molar-refractivity contribution in [2.24, 2.45) is 5.92 Å². The summed E-state index contributed by atoms with van der Waals surface area (Å²) in [4.78, 5) is 16.7. The van der Waals surface area contributed by atoms with Crippen LogP contribution in [0.15, 0.2) is 12.7 Å². The van der Waals surface area contributed by atoms with E-state index >= 15 is 0 Å². The predicted molar refractivity (Wildman–Crippen MR) is 72.2 cm³/mol. The summed E-state index contributed by atoms with van der Waals surface area (Å²) in [6.07, 6.45) is 4.04. The molecule has 0 amide bonds. The van der Waals surface area contributed by atoms with E-state index in [0.29, 0.717) is 23.8 Å². The van der Waals surface area contributed by atoms with E-state index in [0.717, 1.165) is 13.0 Å². The Labute approximate surface area is 111 Å². The van der Waals surface area contributed by atoms with Crippen molar-refractivity contribution >= 4 is 11.9 Å². The van der Waals surface area contributed by atoms with Crippen molar-refractivity contribution in [2.75, 3.05) is 24.2 Å². The van der Waals surface area contributed by atoms with Crippen LogP contribution in [0.4, 0.5) is 11.9 Å². The Balaban J connectivity index is 2.16. The second kappa shape index (κ2) is 6.07. The molecule has 2 aromatic rings. The fourth-order valence-corrected chi connectivity index (χ4v) is 1.44. The molecule has 8 heteroatoms. The molecular weight excluding hydrogens is 244 g/mol. The lowest BCUT2D eigenvalue weighted by atomic mass is 10.1. The Morgan fingerprint density at radius 1 is 1.21 bits per heavy atom. The number of rotatable bonds is 6. The average molecular weight is 262 g/mol. The van der Waals surface area contributed by atoms with Crippen molar-refractivity contribution in [3.05, 3.63) is 12.7 Å². The lowest BCUT2D eigenvalue weighted by molar-refractivity contribution is 0.605. The first-order chi connectivity index (χ1) is 9.19. The molecule has 0 aromatic carbocycles. The van der Waals surface area contributed by atoms with Crippen LogP contribution in [0.2, 0.25) is 0 Å². The SMILES string of the molecule is CNc1nc(NCCC(C)C)nc(-n2cncn2)n1. The van der Waals surface area contributed by atoms with Crippen molar-refractivity contribution in [3.8, 4) is 5.95 Å². The third kappa shape index (κ3) is 3.60. The van der Waals surface area contributed by atoms with Gasteiger partial charge in [-0.25, -0.2) is 4.98 Å². The van der Waals surface area contributed by atoms with Gasteiger partial charge < -0.3 is 10.6 Å². The zero-order valence-electron chi connectivity index (χ0n) is 11.3. The van der Waals surface area contributed by atoms with Crippen LogP contribution in [-0.4, -0.2) is 43.3 Å². The first kappa shape index (κ1) is 13.2. The van der Waals surface area contributed by atoms with Gasteiger partial charge in [-0.3, -0.25) is 0 Å². The molecule has 0 spiro atoms. The predicted octanol–water partition coefficient (Wildman–Crippen LogP) is 0.952. The largest absolute Gasteiger partial charge is 0.357 e.